The monoisotopic (exact) mass is 495 g/mol. The predicted molar refractivity (Wildman–Crippen MR) is 133 cm³/mol. The van der Waals surface area contributed by atoms with Crippen LogP contribution in [0.25, 0.3) is 41.6 Å². The highest BCUT2D eigenvalue weighted by atomic mass is 32.2. The molecule has 3 aromatic carbocycles. The summed E-state index contributed by atoms with van der Waals surface area (Å²) in [5.41, 5.74) is 4.37. The van der Waals surface area contributed by atoms with Crippen LogP contribution in [0.2, 0.25) is 0 Å². The maximum absolute atomic E-state index is 11.9. The summed E-state index contributed by atoms with van der Waals surface area (Å²) >= 11 is 2.77. The minimum atomic E-state index is -4.36. The van der Waals surface area contributed by atoms with Crippen molar-refractivity contribution in [1.82, 2.24) is 9.97 Å². The molecule has 5 rings (SSSR count). The minimum Gasteiger partial charge on any atom is -0.326 e. The lowest BCUT2D eigenvalue weighted by Crippen LogP contribution is -2.05. The average molecular weight is 496 g/mol. The van der Waals surface area contributed by atoms with E-state index in [0.717, 1.165) is 32.0 Å². The number of nitrogens with zero attached hydrogens (tertiary/aromatic N) is 2. The quantitative estimate of drug-likeness (QED) is 0.307. The van der Waals surface area contributed by atoms with Gasteiger partial charge < -0.3 is 5.32 Å². The van der Waals surface area contributed by atoms with Crippen molar-refractivity contribution in [2.75, 3.05) is 5.32 Å². The van der Waals surface area contributed by atoms with Gasteiger partial charge in [-0.3, -0.25) is 9.35 Å². The fraction of sp³-hybridized carbons (Fsp3) is 0.0870. The van der Waals surface area contributed by atoms with Gasteiger partial charge in [0.2, 0.25) is 5.91 Å². The van der Waals surface area contributed by atoms with Gasteiger partial charge in [0.25, 0.3) is 10.1 Å². The zero-order chi connectivity index (χ0) is 23.3. The van der Waals surface area contributed by atoms with Gasteiger partial charge in [0.15, 0.2) is 0 Å². The lowest BCUT2D eigenvalue weighted by atomic mass is 10.2. The number of amides is 1. The van der Waals surface area contributed by atoms with Gasteiger partial charge in [-0.25, -0.2) is 9.97 Å². The lowest BCUT2D eigenvalue weighted by molar-refractivity contribution is -0.114. The molecular formula is C23H17N3O4S3. The molecule has 0 radical (unpaired) electrons. The number of hydrogen-bond donors (Lipinski definition) is 2. The van der Waals surface area contributed by atoms with E-state index in [4.69, 9.17) is 4.98 Å². The molecule has 1 amide bonds. The second kappa shape index (κ2) is 7.99. The van der Waals surface area contributed by atoms with Crippen LogP contribution < -0.4 is 5.32 Å². The molecule has 0 atom stereocenters. The van der Waals surface area contributed by atoms with Gasteiger partial charge in [-0.05, 0) is 61.0 Å². The summed E-state index contributed by atoms with van der Waals surface area (Å²) in [6.45, 7) is 3.12. The number of carbonyl (C=O) groups excluding carboxylic acids is 1. The van der Waals surface area contributed by atoms with Gasteiger partial charge in [0.1, 0.15) is 14.9 Å². The van der Waals surface area contributed by atoms with E-state index in [1.807, 2.05) is 42.5 Å². The summed E-state index contributed by atoms with van der Waals surface area (Å²) in [4.78, 5) is 20.4. The summed E-state index contributed by atoms with van der Waals surface area (Å²) in [6.07, 6.45) is 0. The number of hydrogen-bond acceptors (Lipinski definition) is 7. The molecule has 0 unspecified atom stereocenters. The molecule has 0 saturated heterocycles. The van der Waals surface area contributed by atoms with Crippen molar-refractivity contribution in [3.63, 3.8) is 0 Å². The van der Waals surface area contributed by atoms with Crippen molar-refractivity contribution < 1.29 is 17.8 Å². The highest BCUT2D eigenvalue weighted by molar-refractivity contribution is 7.86. The Hall–Kier alpha value is -3.18. The molecule has 0 aliphatic rings. The number of aryl methyl sites for hydroxylation is 1. The third kappa shape index (κ3) is 4.13. The van der Waals surface area contributed by atoms with Crippen molar-refractivity contribution >= 4 is 64.8 Å². The Kier molecular flexibility index (Phi) is 5.25. The molecule has 2 aromatic heterocycles. The fourth-order valence-electron chi connectivity index (χ4n) is 3.59. The number of anilines is 1. The molecule has 2 heterocycles. The maximum Gasteiger partial charge on any atom is 0.296 e. The van der Waals surface area contributed by atoms with Crippen molar-refractivity contribution in [2.45, 2.75) is 18.7 Å². The number of rotatable bonds is 4. The second-order valence-corrected chi connectivity index (χ2v) is 10.9. The maximum atomic E-state index is 11.9. The molecule has 0 aliphatic heterocycles. The normalized spacial score (nSPS) is 11.8. The van der Waals surface area contributed by atoms with Gasteiger partial charge in [0.05, 0.1) is 20.4 Å². The number of aromatic nitrogens is 2. The first-order chi connectivity index (χ1) is 15.7. The first-order valence-electron chi connectivity index (χ1n) is 9.86. The van der Waals surface area contributed by atoms with Gasteiger partial charge in [0, 0.05) is 23.7 Å². The van der Waals surface area contributed by atoms with Crippen LogP contribution in [0.3, 0.4) is 0 Å². The Morgan fingerprint density at radius 3 is 2.24 bits per heavy atom. The van der Waals surface area contributed by atoms with Crippen LogP contribution in [0.15, 0.2) is 59.5 Å². The first-order valence-corrected chi connectivity index (χ1v) is 12.9. The van der Waals surface area contributed by atoms with Crippen LogP contribution in [-0.4, -0.2) is 28.8 Å². The summed E-state index contributed by atoms with van der Waals surface area (Å²) in [5, 5.41) is 4.26. The number of nitrogens with one attached hydrogen (secondary N) is 1. The van der Waals surface area contributed by atoms with Crippen molar-refractivity contribution in [1.29, 1.82) is 0 Å². The predicted octanol–water partition coefficient (Wildman–Crippen LogP) is 5.75. The highest BCUT2D eigenvalue weighted by Crippen LogP contribution is 2.38. The van der Waals surface area contributed by atoms with E-state index in [2.05, 4.69) is 10.3 Å². The van der Waals surface area contributed by atoms with Gasteiger partial charge in [-0.15, -0.1) is 22.7 Å². The zero-order valence-electron chi connectivity index (χ0n) is 17.5. The number of fused-ring (bicyclic) bond motifs is 2. The van der Waals surface area contributed by atoms with E-state index in [0.29, 0.717) is 20.8 Å². The topological polar surface area (TPSA) is 109 Å². The molecular weight excluding hydrogens is 478 g/mol. The number of thiazole rings is 2. The molecule has 166 valence electrons. The molecule has 33 heavy (non-hydrogen) atoms. The van der Waals surface area contributed by atoms with Crippen LogP contribution in [0.5, 0.6) is 0 Å². The lowest BCUT2D eigenvalue weighted by Gasteiger charge is -2.02. The van der Waals surface area contributed by atoms with Crippen molar-refractivity contribution in [2.24, 2.45) is 0 Å². The molecule has 0 spiro atoms. The smallest absolute Gasteiger partial charge is 0.296 e. The minimum absolute atomic E-state index is 0.0902. The Morgan fingerprint density at radius 2 is 1.55 bits per heavy atom. The van der Waals surface area contributed by atoms with E-state index in [9.17, 15) is 17.8 Å². The SMILES string of the molecule is CC(=O)Nc1ccc(-c2nc3ccc(-c4nc5ccc(C)c(S(=O)(=O)O)c5s4)cc3s2)cc1. The number of benzene rings is 3. The molecule has 0 aliphatic carbocycles. The van der Waals surface area contributed by atoms with Crippen LogP contribution in [0.1, 0.15) is 12.5 Å². The van der Waals surface area contributed by atoms with Crippen LogP contribution in [0.4, 0.5) is 5.69 Å². The van der Waals surface area contributed by atoms with Crippen molar-refractivity contribution in [3.05, 3.63) is 60.2 Å². The average Bonchev–Trinajstić information content (AvgIpc) is 3.36. The van der Waals surface area contributed by atoms with Gasteiger partial charge >= 0.3 is 0 Å². The Labute approximate surface area is 197 Å². The Morgan fingerprint density at radius 1 is 0.909 bits per heavy atom. The van der Waals surface area contributed by atoms with E-state index < -0.39 is 10.1 Å². The van der Waals surface area contributed by atoms with E-state index in [1.54, 1.807) is 19.1 Å². The largest absolute Gasteiger partial charge is 0.326 e. The molecule has 0 bridgehead atoms. The van der Waals surface area contributed by atoms with Crippen LogP contribution >= 0.6 is 22.7 Å². The van der Waals surface area contributed by atoms with E-state index >= 15 is 0 Å². The molecule has 7 nitrogen and oxygen atoms in total. The van der Waals surface area contributed by atoms with Gasteiger partial charge in [-0.2, -0.15) is 8.42 Å². The zero-order valence-corrected chi connectivity index (χ0v) is 19.9. The van der Waals surface area contributed by atoms with Gasteiger partial charge in [-0.1, -0.05) is 6.07 Å². The standard InChI is InChI=1S/C23H17N3O4S3/c1-12-3-9-18-20(21(12)33(28,29)30)32-23(26-18)15-6-10-17-19(11-15)31-22(25-17)14-4-7-16(8-5-14)24-13(2)27/h3-11H,1-2H3,(H,24,27)(H,28,29,30). The molecule has 10 heteroatoms. The fourth-order valence-corrected chi connectivity index (χ4v) is 6.91. The molecule has 5 aromatic rings. The van der Waals surface area contributed by atoms with Crippen molar-refractivity contribution in [3.8, 4) is 21.1 Å². The molecule has 0 saturated carbocycles. The molecule has 2 N–H and O–H groups in total. The molecule has 0 fully saturated rings. The van der Waals surface area contributed by atoms with Crippen LogP contribution in [0, 0.1) is 6.92 Å². The highest BCUT2D eigenvalue weighted by Gasteiger charge is 2.21. The second-order valence-electron chi connectivity index (χ2n) is 7.51. The van der Waals surface area contributed by atoms with Crippen LogP contribution in [-0.2, 0) is 14.9 Å². The Bertz CT molecular complexity index is 1650. The summed E-state index contributed by atoms with van der Waals surface area (Å²) in [6, 6.07) is 16.7. The summed E-state index contributed by atoms with van der Waals surface area (Å²) in [7, 11) is -4.36. The third-order valence-electron chi connectivity index (χ3n) is 5.05. The Balaban J connectivity index is 1.54. The summed E-state index contributed by atoms with van der Waals surface area (Å²) in [5.74, 6) is -0.121. The third-order valence-corrected chi connectivity index (χ3v) is 8.43. The number of carbonyl (C=O) groups is 1. The first kappa shape index (κ1) is 21.7. The van der Waals surface area contributed by atoms with E-state index in [-0.39, 0.29) is 10.8 Å². The van der Waals surface area contributed by atoms with E-state index in [1.165, 1.54) is 29.6 Å². The summed E-state index contributed by atoms with van der Waals surface area (Å²) < 4.78 is 34.9.